The number of hydrogen-bond donors (Lipinski definition) is 3. The second kappa shape index (κ2) is 11.7. The minimum absolute atomic E-state index is 0.0370. The SMILES string of the molecule is CCC(=O)Nc1cccc(NCC(=O)Nc2cccc(C(=O)N(CC)c3ccccc3)c2)c1C. The zero-order valence-corrected chi connectivity index (χ0v) is 19.7. The van der Waals surface area contributed by atoms with Gasteiger partial charge in [-0.25, -0.2) is 0 Å². The normalized spacial score (nSPS) is 10.3. The predicted molar refractivity (Wildman–Crippen MR) is 137 cm³/mol. The maximum absolute atomic E-state index is 13.1. The Balaban J connectivity index is 1.64. The van der Waals surface area contributed by atoms with Crippen LogP contribution in [0.2, 0.25) is 0 Å². The number of hydrogen-bond acceptors (Lipinski definition) is 4. The fourth-order valence-corrected chi connectivity index (χ4v) is 3.52. The molecule has 3 N–H and O–H groups in total. The molecule has 0 heterocycles. The van der Waals surface area contributed by atoms with E-state index < -0.39 is 0 Å². The van der Waals surface area contributed by atoms with E-state index >= 15 is 0 Å². The Bertz CT molecular complexity index is 1160. The van der Waals surface area contributed by atoms with Crippen molar-refractivity contribution in [2.75, 3.05) is 33.9 Å². The molecule has 0 atom stereocenters. The van der Waals surface area contributed by atoms with Gasteiger partial charge in [0.25, 0.3) is 5.91 Å². The predicted octanol–water partition coefficient (Wildman–Crippen LogP) is 5.06. The van der Waals surface area contributed by atoms with Crippen LogP contribution in [0.25, 0.3) is 0 Å². The van der Waals surface area contributed by atoms with Crippen molar-refractivity contribution in [2.24, 2.45) is 0 Å². The van der Waals surface area contributed by atoms with E-state index in [1.807, 2.05) is 62.4 Å². The van der Waals surface area contributed by atoms with Crippen molar-refractivity contribution in [1.82, 2.24) is 0 Å². The molecular weight excluding hydrogens is 428 g/mol. The van der Waals surface area contributed by atoms with Crippen LogP contribution in [-0.2, 0) is 9.59 Å². The quantitative estimate of drug-likeness (QED) is 0.418. The van der Waals surface area contributed by atoms with E-state index in [1.54, 1.807) is 36.1 Å². The highest BCUT2D eigenvalue weighted by molar-refractivity contribution is 6.07. The third kappa shape index (κ3) is 6.22. The lowest BCUT2D eigenvalue weighted by Crippen LogP contribution is -2.30. The summed E-state index contributed by atoms with van der Waals surface area (Å²) in [6.45, 7) is 6.16. The molecule has 0 saturated heterocycles. The molecule has 3 rings (SSSR count). The average molecular weight is 459 g/mol. The van der Waals surface area contributed by atoms with Crippen molar-refractivity contribution < 1.29 is 14.4 Å². The van der Waals surface area contributed by atoms with Crippen molar-refractivity contribution in [2.45, 2.75) is 27.2 Å². The summed E-state index contributed by atoms with van der Waals surface area (Å²) < 4.78 is 0. The van der Waals surface area contributed by atoms with E-state index in [0.29, 0.717) is 29.9 Å². The number of anilines is 4. The molecule has 0 bridgehead atoms. The number of amides is 3. The van der Waals surface area contributed by atoms with Crippen LogP contribution in [0.15, 0.2) is 72.8 Å². The first-order valence-electron chi connectivity index (χ1n) is 11.3. The number of nitrogens with zero attached hydrogens (tertiary/aromatic N) is 1. The number of rotatable bonds is 9. The smallest absolute Gasteiger partial charge is 0.258 e. The highest BCUT2D eigenvalue weighted by atomic mass is 16.2. The lowest BCUT2D eigenvalue weighted by Gasteiger charge is -2.21. The third-order valence-corrected chi connectivity index (χ3v) is 5.39. The zero-order valence-electron chi connectivity index (χ0n) is 19.7. The number of carbonyl (C=O) groups excluding carboxylic acids is 3. The van der Waals surface area contributed by atoms with Gasteiger partial charge in [0.1, 0.15) is 0 Å². The zero-order chi connectivity index (χ0) is 24.5. The van der Waals surface area contributed by atoms with Crippen LogP contribution < -0.4 is 20.9 Å². The van der Waals surface area contributed by atoms with Crippen LogP contribution in [0.4, 0.5) is 22.7 Å². The van der Waals surface area contributed by atoms with Crippen molar-refractivity contribution in [3.05, 3.63) is 83.9 Å². The number of benzene rings is 3. The van der Waals surface area contributed by atoms with Gasteiger partial charge in [-0.15, -0.1) is 0 Å². The second-order valence-corrected chi connectivity index (χ2v) is 7.75. The maximum atomic E-state index is 13.1. The van der Waals surface area contributed by atoms with Crippen LogP contribution >= 0.6 is 0 Å². The van der Waals surface area contributed by atoms with E-state index in [1.165, 1.54) is 0 Å². The van der Waals surface area contributed by atoms with Gasteiger partial charge in [0.15, 0.2) is 0 Å². The molecule has 0 saturated carbocycles. The summed E-state index contributed by atoms with van der Waals surface area (Å²) in [6.07, 6.45) is 0.391. The van der Waals surface area contributed by atoms with Crippen LogP contribution in [0, 0.1) is 6.92 Å². The molecule has 0 aliphatic carbocycles. The molecule has 0 aromatic heterocycles. The Kier molecular flexibility index (Phi) is 8.40. The highest BCUT2D eigenvalue weighted by Crippen LogP contribution is 2.23. The van der Waals surface area contributed by atoms with Crippen LogP contribution in [0.1, 0.15) is 36.2 Å². The van der Waals surface area contributed by atoms with Gasteiger partial charge in [-0.2, -0.15) is 0 Å². The molecule has 3 aromatic rings. The van der Waals surface area contributed by atoms with Crippen LogP contribution in [0.5, 0.6) is 0 Å². The van der Waals surface area contributed by atoms with Gasteiger partial charge in [-0.3, -0.25) is 14.4 Å². The van der Waals surface area contributed by atoms with Crippen molar-refractivity contribution in [3.8, 4) is 0 Å². The van der Waals surface area contributed by atoms with Gasteiger partial charge in [0.2, 0.25) is 11.8 Å². The number of para-hydroxylation sites is 1. The Labute approximate surface area is 200 Å². The Morgan fingerprint density at radius 3 is 2.21 bits per heavy atom. The topological polar surface area (TPSA) is 90.5 Å². The molecule has 0 radical (unpaired) electrons. The minimum Gasteiger partial charge on any atom is -0.376 e. The lowest BCUT2D eigenvalue weighted by molar-refractivity contribution is -0.116. The first kappa shape index (κ1) is 24.5. The first-order chi connectivity index (χ1) is 16.4. The molecule has 0 spiro atoms. The standard InChI is InChI=1S/C27H30N4O3/c1-4-25(32)30-24-16-10-15-23(19(24)3)28-18-26(33)29-21-12-9-11-20(17-21)27(34)31(5-2)22-13-7-6-8-14-22/h6-17,28H,4-5,18H2,1-3H3,(H,29,33)(H,30,32). The molecule has 7 heteroatoms. The summed E-state index contributed by atoms with van der Waals surface area (Å²) in [5, 5.41) is 8.80. The molecule has 7 nitrogen and oxygen atoms in total. The first-order valence-corrected chi connectivity index (χ1v) is 11.3. The molecule has 3 aromatic carbocycles. The summed E-state index contributed by atoms with van der Waals surface area (Å²) in [4.78, 5) is 39.0. The van der Waals surface area contributed by atoms with E-state index in [9.17, 15) is 14.4 Å². The number of nitrogens with one attached hydrogen (secondary N) is 3. The van der Waals surface area contributed by atoms with Gasteiger partial charge < -0.3 is 20.9 Å². The third-order valence-electron chi connectivity index (χ3n) is 5.39. The van der Waals surface area contributed by atoms with Gasteiger partial charge in [-0.05, 0) is 61.9 Å². The number of carbonyl (C=O) groups is 3. The molecular formula is C27H30N4O3. The molecule has 176 valence electrons. The monoisotopic (exact) mass is 458 g/mol. The Hall–Kier alpha value is -4.13. The van der Waals surface area contributed by atoms with Gasteiger partial charge >= 0.3 is 0 Å². The summed E-state index contributed by atoms with van der Waals surface area (Å²) in [6, 6.07) is 21.9. The fourth-order valence-electron chi connectivity index (χ4n) is 3.52. The molecule has 0 aliphatic heterocycles. The van der Waals surface area contributed by atoms with Gasteiger partial charge in [0, 0.05) is 41.3 Å². The summed E-state index contributed by atoms with van der Waals surface area (Å²) in [7, 11) is 0. The summed E-state index contributed by atoms with van der Waals surface area (Å²) >= 11 is 0. The molecule has 0 aliphatic rings. The van der Waals surface area contributed by atoms with Crippen molar-refractivity contribution in [3.63, 3.8) is 0 Å². The summed E-state index contributed by atoms with van der Waals surface area (Å²) in [5.74, 6) is -0.451. The van der Waals surface area contributed by atoms with Crippen LogP contribution in [-0.4, -0.2) is 30.8 Å². The second-order valence-electron chi connectivity index (χ2n) is 7.75. The maximum Gasteiger partial charge on any atom is 0.258 e. The van der Waals surface area contributed by atoms with E-state index in [-0.39, 0.29) is 24.3 Å². The molecule has 0 fully saturated rings. The molecule has 34 heavy (non-hydrogen) atoms. The molecule has 0 unspecified atom stereocenters. The fraction of sp³-hybridized carbons (Fsp3) is 0.222. The van der Waals surface area contributed by atoms with Crippen LogP contribution in [0.3, 0.4) is 0 Å². The summed E-state index contributed by atoms with van der Waals surface area (Å²) in [5.41, 5.74) is 4.18. The van der Waals surface area contributed by atoms with E-state index in [0.717, 1.165) is 16.9 Å². The van der Waals surface area contributed by atoms with Crippen molar-refractivity contribution in [1.29, 1.82) is 0 Å². The minimum atomic E-state index is -0.248. The van der Waals surface area contributed by atoms with E-state index in [4.69, 9.17) is 0 Å². The largest absolute Gasteiger partial charge is 0.376 e. The van der Waals surface area contributed by atoms with Gasteiger partial charge in [-0.1, -0.05) is 37.3 Å². The average Bonchev–Trinajstić information content (AvgIpc) is 2.85. The lowest BCUT2D eigenvalue weighted by atomic mass is 10.1. The van der Waals surface area contributed by atoms with E-state index in [2.05, 4.69) is 16.0 Å². The molecule has 3 amide bonds. The Morgan fingerprint density at radius 2 is 1.50 bits per heavy atom. The highest BCUT2D eigenvalue weighted by Gasteiger charge is 2.16. The Morgan fingerprint density at radius 1 is 0.794 bits per heavy atom. The van der Waals surface area contributed by atoms with Crippen molar-refractivity contribution >= 4 is 40.5 Å². The van der Waals surface area contributed by atoms with Gasteiger partial charge in [0.05, 0.1) is 6.54 Å².